The van der Waals surface area contributed by atoms with Gasteiger partial charge in [0.15, 0.2) is 0 Å². The maximum atomic E-state index is 11.7. The van der Waals surface area contributed by atoms with E-state index in [2.05, 4.69) is 0 Å². The monoisotopic (exact) mass is 292 g/mol. The molecule has 0 radical (unpaired) electrons. The van der Waals surface area contributed by atoms with Crippen LogP contribution in [0.15, 0.2) is 35.2 Å². The highest BCUT2D eigenvalue weighted by Gasteiger charge is 2.13. The lowest BCUT2D eigenvalue weighted by atomic mass is 10.4. The fourth-order valence-electron chi connectivity index (χ4n) is 1.23. The normalized spacial score (nSPS) is 11.6. The van der Waals surface area contributed by atoms with Gasteiger partial charge < -0.3 is 9.47 Å². The van der Waals surface area contributed by atoms with Gasteiger partial charge in [-0.1, -0.05) is 18.2 Å². The number of benzene rings is 1. The van der Waals surface area contributed by atoms with Gasteiger partial charge in [0.1, 0.15) is 6.67 Å². The number of hydrogen-bond acceptors (Lipinski definition) is 5. The minimum Gasteiger partial charge on any atom is -0.377 e. The zero-order valence-corrected chi connectivity index (χ0v) is 11.3. The zero-order chi connectivity index (χ0) is 14.0. The highest BCUT2D eigenvalue weighted by atomic mass is 32.2. The summed E-state index contributed by atoms with van der Waals surface area (Å²) in [7, 11) is -3.72. The molecule has 0 N–H and O–H groups in total. The number of ether oxygens (including phenoxy) is 2. The Balaban J connectivity index is 2.15. The second kappa shape index (κ2) is 8.98. The summed E-state index contributed by atoms with van der Waals surface area (Å²) in [6.45, 7) is 0.121. The summed E-state index contributed by atoms with van der Waals surface area (Å²) in [6, 6.07) is 7.88. The van der Waals surface area contributed by atoms with Crippen molar-refractivity contribution in [3.05, 3.63) is 30.3 Å². The van der Waals surface area contributed by atoms with Crippen LogP contribution >= 0.6 is 0 Å². The summed E-state index contributed by atoms with van der Waals surface area (Å²) in [4.78, 5) is 0.112. The fraction of sp³-hybridized carbons (Fsp3) is 0.500. The van der Waals surface area contributed by atoms with Crippen molar-refractivity contribution in [2.24, 2.45) is 0 Å². The lowest BCUT2D eigenvalue weighted by molar-refractivity contribution is 0.0332. The van der Waals surface area contributed by atoms with Crippen molar-refractivity contribution in [1.29, 1.82) is 0 Å². The number of alkyl halides is 1. The first-order chi connectivity index (χ1) is 9.17. The van der Waals surface area contributed by atoms with Crippen LogP contribution in [0.5, 0.6) is 0 Å². The first-order valence-corrected chi connectivity index (χ1v) is 7.23. The van der Waals surface area contributed by atoms with Crippen LogP contribution < -0.4 is 0 Å². The first kappa shape index (κ1) is 16.0. The minimum atomic E-state index is -3.72. The van der Waals surface area contributed by atoms with E-state index >= 15 is 0 Å². The van der Waals surface area contributed by atoms with E-state index in [4.69, 9.17) is 13.7 Å². The largest absolute Gasteiger partial charge is 0.377 e. The third-order valence-electron chi connectivity index (χ3n) is 2.09. The molecule has 0 amide bonds. The summed E-state index contributed by atoms with van der Waals surface area (Å²) < 4.78 is 49.7. The summed E-state index contributed by atoms with van der Waals surface area (Å²) >= 11 is 0. The Morgan fingerprint density at radius 3 is 2.11 bits per heavy atom. The van der Waals surface area contributed by atoms with Crippen molar-refractivity contribution in [2.75, 3.05) is 39.7 Å². The minimum absolute atomic E-state index is 0.0439. The molecule has 0 bridgehead atoms. The highest BCUT2D eigenvalue weighted by Crippen LogP contribution is 2.10. The van der Waals surface area contributed by atoms with E-state index in [-0.39, 0.29) is 37.9 Å². The van der Waals surface area contributed by atoms with E-state index in [0.717, 1.165) is 0 Å². The molecule has 0 heterocycles. The maximum absolute atomic E-state index is 11.7. The Bertz CT molecular complexity index is 435. The average Bonchev–Trinajstić information content (AvgIpc) is 2.43. The van der Waals surface area contributed by atoms with Crippen LogP contribution in [0.2, 0.25) is 0 Å². The van der Waals surface area contributed by atoms with Crippen molar-refractivity contribution in [1.82, 2.24) is 0 Å². The van der Waals surface area contributed by atoms with Gasteiger partial charge in [-0.25, -0.2) is 4.39 Å². The second-order valence-electron chi connectivity index (χ2n) is 3.50. The van der Waals surface area contributed by atoms with Gasteiger partial charge in [-0.3, -0.25) is 4.18 Å². The third kappa shape index (κ3) is 6.63. The van der Waals surface area contributed by atoms with Gasteiger partial charge in [0.05, 0.1) is 37.9 Å². The molecule has 1 aromatic carbocycles. The van der Waals surface area contributed by atoms with E-state index in [1.54, 1.807) is 18.2 Å². The summed E-state index contributed by atoms with van der Waals surface area (Å²) in [6.07, 6.45) is 0. The van der Waals surface area contributed by atoms with E-state index in [0.29, 0.717) is 0 Å². The quantitative estimate of drug-likeness (QED) is 0.482. The van der Waals surface area contributed by atoms with E-state index < -0.39 is 16.8 Å². The molecule has 1 rings (SSSR count). The van der Waals surface area contributed by atoms with Gasteiger partial charge in [-0.15, -0.1) is 0 Å². The Labute approximate surface area is 112 Å². The van der Waals surface area contributed by atoms with E-state index in [1.807, 2.05) is 0 Å². The molecule has 5 nitrogen and oxygen atoms in total. The molecule has 1 aromatic rings. The van der Waals surface area contributed by atoms with Gasteiger partial charge in [0.25, 0.3) is 10.1 Å². The lowest BCUT2D eigenvalue weighted by Gasteiger charge is -2.06. The van der Waals surface area contributed by atoms with Crippen molar-refractivity contribution in [3.63, 3.8) is 0 Å². The van der Waals surface area contributed by atoms with Crippen LogP contribution in [0, 0.1) is 0 Å². The predicted molar refractivity (Wildman–Crippen MR) is 67.2 cm³/mol. The molecule has 0 aliphatic rings. The molecule has 7 heteroatoms. The lowest BCUT2D eigenvalue weighted by Crippen LogP contribution is -2.13. The number of rotatable bonds is 10. The Hall–Kier alpha value is -1.02. The Morgan fingerprint density at radius 1 is 0.895 bits per heavy atom. The molecule has 0 unspecified atom stereocenters. The van der Waals surface area contributed by atoms with Crippen molar-refractivity contribution in [2.45, 2.75) is 4.90 Å². The Kier molecular flexibility index (Phi) is 7.57. The smallest absolute Gasteiger partial charge is 0.297 e. The molecular formula is C12H17FO5S. The molecule has 0 aromatic heterocycles. The van der Waals surface area contributed by atoms with Crippen LogP contribution in [0.3, 0.4) is 0 Å². The SMILES string of the molecule is O=S(=O)(OCCOCCOCCF)c1ccccc1. The first-order valence-electron chi connectivity index (χ1n) is 5.83. The number of halogens is 1. The summed E-state index contributed by atoms with van der Waals surface area (Å²) in [5.74, 6) is 0. The molecule has 0 fully saturated rings. The van der Waals surface area contributed by atoms with Crippen molar-refractivity contribution < 1.29 is 26.5 Å². The van der Waals surface area contributed by atoms with Crippen LogP contribution in [0.4, 0.5) is 4.39 Å². The molecule has 108 valence electrons. The van der Waals surface area contributed by atoms with Gasteiger partial charge in [-0.2, -0.15) is 8.42 Å². The summed E-state index contributed by atoms with van der Waals surface area (Å²) in [5, 5.41) is 0. The molecule has 0 saturated carbocycles. The van der Waals surface area contributed by atoms with Crippen molar-refractivity contribution >= 4 is 10.1 Å². The predicted octanol–water partition coefficient (Wildman–Crippen LogP) is 1.39. The van der Waals surface area contributed by atoms with E-state index in [1.165, 1.54) is 12.1 Å². The molecule has 19 heavy (non-hydrogen) atoms. The molecule has 0 aliphatic carbocycles. The number of hydrogen-bond donors (Lipinski definition) is 0. The maximum Gasteiger partial charge on any atom is 0.297 e. The van der Waals surface area contributed by atoms with Gasteiger partial charge in [0, 0.05) is 0 Å². The highest BCUT2D eigenvalue weighted by molar-refractivity contribution is 7.86. The third-order valence-corrected chi connectivity index (χ3v) is 3.42. The standard InChI is InChI=1S/C12H17FO5S/c13-6-7-16-8-9-17-10-11-18-19(14,15)12-4-2-1-3-5-12/h1-5H,6-11H2. The molecule has 0 saturated heterocycles. The fourth-order valence-corrected chi connectivity index (χ4v) is 2.15. The summed E-state index contributed by atoms with van der Waals surface area (Å²) in [5.41, 5.74) is 0. The second-order valence-corrected chi connectivity index (χ2v) is 5.12. The van der Waals surface area contributed by atoms with Crippen LogP contribution in [0.25, 0.3) is 0 Å². The topological polar surface area (TPSA) is 61.8 Å². The zero-order valence-electron chi connectivity index (χ0n) is 10.5. The van der Waals surface area contributed by atoms with Gasteiger partial charge in [-0.05, 0) is 12.1 Å². The molecule has 0 spiro atoms. The average molecular weight is 292 g/mol. The molecule has 0 aliphatic heterocycles. The molecular weight excluding hydrogens is 275 g/mol. The van der Waals surface area contributed by atoms with Crippen LogP contribution in [0.1, 0.15) is 0 Å². The van der Waals surface area contributed by atoms with Gasteiger partial charge in [0.2, 0.25) is 0 Å². The van der Waals surface area contributed by atoms with Crippen molar-refractivity contribution in [3.8, 4) is 0 Å². The molecule has 0 atom stereocenters. The van der Waals surface area contributed by atoms with E-state index in [9.17, 15) is 12.8 Å². The van der Waals surface area contributed by atoms with Gasteiger partial charge >= 0.3 is 0 Å². The van der Waals surface area contributed by atoms with Crippen LogP contribution in [-0.4, -0.2) is 48.1 Å². The Morgan fingerprint density at radius 2 is 1.47 bits per heavy atom. The van der Waals surface area contributed by atoms with Crippen LogP contribution in [-0.2, 0) is 23.8 Å².